The Morgan fingerprint density at radius 1 is 0.969 bits per heavy atom. The molecule has 4 rings (SSSR count). The monoisotopic (exact) mass is 442 g/mol. The van der Waals surface area contributed by atoms with Crippen molar-refractivity contribution in [1.82, 2.24) is 4.90 Å². The molecule has 1 atom stereocenters. The highest BCUT2D eigenvalue weighted by Gasteiger charge is 2.32. The van der Waals surface area contributed by atoms with Gasteiger partial charge in [0.25, 0.3) is 5.91 Å². The molecule has 1 saturated heterocycles. The number of nitrogens with zero attached hydrogens (tertiary/aromatic N) is 2. The van der Waals surface area contributed by atoms with Crippen LogP contribution in [0.25, 0.3) is 10.8 Å². The van der Waals surface area contributed by atoms with Gasteiger partial charge in [0.2, 0.25) is 0 Å². The summed E-state index contributed by atoms with van der Waals surface area (Å²) in [7, 11) is 0. The molecule has 1 amide bonds. The van der Waals surface area contributed by atoms with Gasteiger partial charge in [0.15, 0.2) is 6.10 Å². The Kier molecular flexibility index (Phi) is 6.26. The van der Waals surface area contributed by atoms with E-state index in [2.05, 4.69) is 0 Å². The van der Waals surface area contributed by atoms with Crippen LogP contribution in [0.15, 0.2) is 66.7 Å². The van der Waals surface area contributed by atoms with Crippen LogP contribution >= 0.6 is 0 Å². The number of carbonyl (C=O) groups is 1. The van der Waals surface area contributed by atoms with Gasteiger partial charge in [-0.1, -0.05) is 49.4 Å². The first-order valence-electron chi connectivity index (χ1n) is 10.7. The second-order valence-corrected chi connectivity index (χ2v) is 7.85. The van der Waals surface area contributed by atoms with E-state index in [0.717, 1.165) is 22.9 Å². The lowest BCUT2D eigenvalue weighted by Gasteiger charge is -2.37. The predicted molar refractivity (Wildman–Crippen MR) is 119 cm³/mol. The minimum Gasteiger partial charge on any atom is -0.480 e. The third kappa shape index (κ3) is 4.66. The van der Waals surface area contributed by atoms with Crippen molar-refractivity contribution in [2.75, 3.05) is 31.1 Å². The standard InChI is InChI=1S/C25H25F3N2O2/c1-2-22(32-23-12-5-8-18-7-3-4-11-21(18)23)24(31)30-15-13-29(14-16-30)20-10-6-9-19(17-20)25(26,27)28/h3-12,17,22H,2,13-16H2,1H3/t22-/m0/s1. The van der Waals surface area contributed by atoms with E-state index in [1.54, 1.807) is 11.0 Å². The lowest BCUT2D eigenvalue weighted by Crippen LogP contribution is -2.52. The maximum absolute atomic E-state index is 13.1. The summed E-state index contributed by atoms with van der Waals surface area (Å²) in [5.74, 6) is 0.579. The number of hydrogen-bond acceptors (Lipinski definition) is 3. The van der Waals surface area contributed by atoms with Crippen molar-refractivity contribution in [3.05, 3.63) is 72.3 Å². The van der Waals surface area contributed by atoms with E-state index >= 15 is 0 Å². The number of piperazine rings is 1. The first-order valence-corrected chi connectivity index (χ1v) is 10.7. The van der Waals surface area contributed by atoms with Crippen molar-refractivity contribution in [3.63, 3.8) is 0 Å². The number of benzene rings is 3. The minimum absolute atomic E-state index is 0.0934. The molecule has 1 aliphatic heterocycles. The number of alkyl halides is 3. The fourth-order valence-electron chi connectivity index (χ4n) is 4.03. The van der Waals surface area contributed by atoms with E-state index in [4.69, 9.17) is 4.74 Å². The van der Waals surface area contributed by atoms with Crippen LogP contribution in [0.1, 0.15) is 18.9 Å². The highest BCUT2D eigenvalue weighted by molar-refractivity contribution is 5.89. The van der Waals surface area contributed by atoms with Crippen molar-refractivity contribution < 1.29 is 22.7 Å². The van der Waals surface area contributed by atoms with Crippen LogP contribution in [-0.4, -0.2) is 43.1 Å². The van der Waals surface area contributed by atoms with E-state index in [1.807, 2.05) is 54.3 Å². The average molecular weight is 442 g/mol. The van der Waals surface area contributed by atoms with Gasteiger partial charge < -0.3 is 14.5 Å². The van der Waals surface area contributed by atoms with Crippen LogP contribution in [0, 0.1) is 0 Å². The van der Waals surface area contributed by atoms with E-state index < -0.39 is 17.8 Å². The fourth-order valence-corrected chi connectivity index (χ4v) is 4.03. The average Bonchev–Trinajstić information content (AvgIpc) is 2.82. The van der Waals surface area contributed by atoms with Crippen molar-refractivity contribution in [1.29, 1.82) is 0 Å². The largest absolute Gasteiger partial charge is 0.480 e. The summed E-state index contributed by atoms with van der Waals surface area (Å²) >= 11 is 0. The van der Waals surface area contributed by atoms with Crippen LogP contribution < -0.4 is 9.64 Å². The van der Waals surface area contributed by atoms with E-state index in [-0.39, 0.29) is 5.91 Å². The number of halogens is 3. The third-order valence-corrected chi connectivity index (χ3v) is 5.80. The first-order chi connectivity index (χ1) is 15.4. The molecule has 3 aromatic rings. The molecular formula is C25H25F3N2O2. The van der Waals surface area contributed by atoms with Crippen molar-refractivity contribution >= 4 is 22.4 Å². The topological polar surface area (TPSA) is 32.8 Å². The summed E-state index contributed by atoms with van der Waals surface area (Å²) in [5, 5.41) is 2.00. The zero-order valence-electron chi connectivity index (χ0n) is 17.8. The number of rotatable bonds is 5. The quantitative estimate of drug-likeness (QED) is 0.533. The predicted octanol–water partition coefficient (Wildman–Crippen LogP) is 5.36. The normalized spacial score (nSPS) is 15.6. The molecule has 0 bridgehead atoms. The van der Waals surface area contributed by atoms with Crippen LogP contribution in [0.3, 0.4) is 0 Å². The number of amides is 1. The summed E-state index contributed by atoms with van der Waals surface area (Å²) in [6.07, 6.45) is -4.46. The van der Waals surface area contributed by atoms with Gasteiger partial charge >= 0.3 is 6.18 Å². The summed E-state index contributed by atoms with van der Waals surface area (Å²) in [5.41, 5.74) is -0.144. The molecule has 168 valence electrons. The van der Waals surface area contributed by atoms with Crippen LogP contribution in [-0.2, 0) is 11.0 Å². The molecule has 0 N–H and O–H groups in total. The summed E-state index contributed by atoms with van der Waals surface area (Å²) < 4.78 is 45.2. The van der Waals surface area contributed by atoms with Gasteiger partial charge in [0.1, 0.15) is 5.75 Å². The molecule has 0 spiro atoms. The van der Waals surface area contributed by atoms with Gasteiger partial charge in [0, 0.05) is 37.3 Å². The molecule has 0 aromatic heterocycles. The van der Waals surface area contributed by atoms with Crippen LogP contribution in [0.2, 0.25) is 0 Å². The van der Waals surface area contributed by atoms with E-state index in [0.29, 0.717) is 44.0 Å². The number of anilines is 1. The zero-order valence-corrected chi connectivity index (χ0v) is 17.8. The fraction of sp³-hybridized carbons (Fsp3) is 0.320. The molecule has 0 radical (unpaired) electrons. The number of carbonyl (C=O) groups excluding carboxylic acids is 1. The van der Waals surface area contributed by atoms with E-state index in [1.165, 1.54) is 6.07 Å². The Morgan fingerprint density at radius 3 is 2.38 bits per heavy atom. The second-order valence-electron chi connectivity index (χ2n) is 7.85. The Hall–Kier alpha value is -3.22. The number of hydrogen-bond donors (Lipinski definition) is 0. The smallest absolute Gasteiger partial charge is 0.416 e. The Balaban J connectivity index is 1.42. The van der Waals surface area contributed by atoms with Crippen molar-refractivity contribution in [3.8, 4) is 5.75 Å². The Labute approximate surface area is 185 Å². The van der Waals surface area contributed by atoms with Crippen LogP contribution in [0.4, 0.5) is 18.9 Å². The molecule has 7 heteroatoms. The summed E-state index contributed by atoms with van der Waals surface area (Å²) in [4.78, 5) is 16.8. The SMILES string of the molecule is CC[C@H](Oc1cccc2ccccc12)C(=O)N1CCN(c2cccc(C(F)(F)F)c2)CC1. The highest BCUT2D eigenvalue weighted by Crippen LogP contribution is 2.32. The number of fused-ring (bicyclic) bond motifs is 1. The molecule has 3 aromatic carbocycles. The first kappa shape index (κ1) is 22.0. The molecule has 32 heavy (non-hydrogen) atoms. The zero-order chi connectivity index (χ0) is 22.7. The molecular weight excluding hydrogens is 417 g/mol. The summed E-state index contributed by atoms with van der Waals surface area (Å²) in [6, 6.07) is 18.9. The van der Waals surface area contributed by atoms with E-state index in [9.17, 15) is 18.0 Å². The van der Waals surface area contributed by atoms with Crippen LogP contribution in [0.5, 0.6) is 5.75 Å². The maximum Gasteiger partial charge on any atom is 0.416 e. The molecule has 1 fully saturated rings. The second kappa shape index (κ2) is 9.10. The maximum atomic E-state index is 13.1. The number of ether oxygens (including phenoxy) is 1. The van der Waals surface area contributed by atoms with Gasteiger partial charge in [-0.25, -0.2) is 0 Å². The lowest BCUT2D eigenvalue weighted by molar-refractivity contribution is -0.139. The molecule has 0 unspecified atom stereocenters. The summed E-state index contributed by atoms with van der Waals surface area (Å²) in [6.45, 7) is 3.72. The van der Waals surface area contributed by atoms with Gasteiger partial charge in [0.05, 0.1) is 5.56 Å². The lowest BCUT2D eigenvalue weighted by atomic mass is 10.1. The van der Waals surface area contributed by atoms with Gasteiger partial charge in [-0.2, -0.15) is 13.2 Å². The highest BCUT2D eigenvalue weighted by atomic mass is 19.4. The van der Waals surface area contributed by atoms with Gasteiger partial charge in [-0.15, -0.1) is 0 Å². The van der Waals surface area contributed by atoms with Crippen molar-refractivity contribution in [2.45, 2.75) is 25.6 Å². The van der Waals surface area contributed by atoms with Gasteiger partial charge in [-0.3, -0.25) is 4.79 Å². The molecule has 0 aliphatic carbocycles. The molecule has 4 nitrogen and oxygen atoms in total. The minimum atomic E-state index is -4.37. The molecule has 0 saturated carbocycles. The molecule has 1 aliphatic rings. The Morgan fingerprint density at radius 2 is 1.66 bits per heavy atom. The molecule has 1 heterocycles. The van der Waals surface area contributed by atoms with Crippen molar-refractivity contribution in [2.24, 2.45) is 0 Å². The van der Waals surface area contributed by atoms with Gasteiger partial charge in [-0.05, 0) is 36.1 Å². The Bertz CT molecular complexity index is 1090. The third-order valence-electron chi connectivity index (χ3n) is 5.80.